The fraction of sp³-hybridized carbons (Fsp3) is 0.524. The number of methoxy groups -OCH3 is 1. The van der Waals surface area contributed by atoms with Gasteiger partial charge in [0.1, 0.15) is 5.01 Å². The van der Waals surface area contributed by atoms with Crippen molar-refractivity contribution in [2.24, 2.45) is 0 Å². The number of benzene rings is 1. The molecule has 0 radical (unpaired) electrons. The first kappa shape index (κ1) is 21.7. The molecule has 0 saturated carbocycles. The van der Waals surface area contributed by atoms with Gasteiger partial charge in [-0.3, -0.25) is 14.6 Å². The molecule has 1 saturated heterocycles. The van der Waals surface area contributed by atoms with Crippen LogP contribution < -0.4 is 10.1 Å². The number of rotatable bonds is 6. The maximum Gasteiger partial charge on any atom is 0.234 e. The number of hydrogen-bond donors (Lipinski definition) is 1. The number of amides is 1. The van der Waals surface area contributed by atoms with Gasteiger partial charge in [-0.2, -0.15) is 0 Å². The first-order valence-electron chi connectivity index (χ1n) is 9.77. The van der Waals surface area contributed by atoms with Crippen LogP contribution in [0.5, 0.6) is 5.75 Å². The molecule has 1 aliphatic heterocycles. The Morgan fingerprint density at radius 1 is 1.24 bits per heavy atom. The van der Waals surface area contributed by atoms with E-state index in [-0.39, 0.29) is 23.0 Å². The summed E-state index contributed by atoms with van der Waals surface area (Å²) >= 11 is 1.59. The van der Waals surface area contributed by atoms with E-state index >= 15 is 0 Å². The summed E-state index contributed by atoms with van der Waals surface area (Å²) in [7, 11) is 1.45. The minimum absolute atomic E-state index is 0.0715. The zero-order valence-electron chi connectivity index (χ0n) is 17.5. The Morgan fingerprint density at radius 3 is 2.55 bits per heavy atom. The zero-order valence-corrected chi connectivity index (χ0v) is 18.3. The van der Waals surface area contributed by atoms with Gasteiger partial charge in [0, 0.05) is 42.7 Å². The number of piperazine rings is 1. The molecule has 2 heterocycles. The molecule has 0 unspecified atom stereocenters. The molecule has 1 N–H and O–H groups in total. The lowest BCUT2D eigenvalue weighted by atomic mass is 10.1. The van der Waals surface area contributed by atoms with Crippen LogP contribution in [0.25, 0.3) is 11.3 Å². The van der Waals surface area contributed by atoms with Gasteiger partial charge in [0.05, 0.1) is 25.9 Å². The van der Waals surface area contributed by atoms with Crippen LogP contribution in [0.2, 0.25) is 0 Å². The van der Waals surface area contributed by atoms with E-state index in [4.69, 9.17) is 4.74 Å². The molecule has 29 heavy (non-hydrogen) atoms. The van der Waals surface area contributed by atoms with Crippen LogP contribution in [0.3, 0.4) is 0 Å². The highest BCUT2D eigenvalue weighted by molar-refractivity contribution is 7.09. The minimum atomic E-state index is -0.383. The van der Waals surface area contributed by atoms with Crippen LogP contribution in [0.1, 0.15) is 25.8 Å². The molecule has 0 atom stereocenters. The summed E-state index contributed by atoms with van der Waals surface area (Å²) < 4.78 is 18.9. The summed E-state index contributed by atoms with van der Waals surface area (Å²) in [5, 5.41) is 5.98. The van der Waals surface area contributed by atoms with Crippen molar-refractivity contribution in [1.82, 2.24) is 20.1 Å². The molecular formula is C21H29FN4O2S. The number of carbonyl (C=O) groups excluding carboxylic acids is 1. The molecule has 2 aromatic rings. The van der Waals surface area contributed by atoms with Crippen LogP contribution in [-0.2, 0) is 11.3 Å². The van der Waals surface area contributed by atoms with Crippen molar-refractivity contribution in [3.8, 4) is 17.0 Å². The molecule has 0 spiro atoms. The fourth-order valence-corrected chi connectivity index (χ4v) is 4.14. The molecule has 0 bridgehead atoms. The number of nitrogens with one attached hydrogen (secondary N) is 1. The molecule has 1 fully saturated rings. The maximum absolute atomic E-state index is 13.9. The highest BCUT2D eigenvalue weighted by Crippen LogP contribution is 2.27. The van der Waals surface area contributed by atoms with E-state index in [1.165, 1.54) is 13.2 Å². The smallest absolute Gasteiger partial charge is 0.234 e. The summed E-state index contributed by atoms with van der Waals surface area (Å²) in [6.07, 6.45) is 0. The number of halogens is 1. The lowest BCUT2D eigenvalue weighted by Gasteiger charge is -2.34. The second kappa shape index (κ2) is 9.19. The Kier molecular flexibility index (Phi) is 6.87. The van der Waals surface area contributed by atoms with Gasteiger partial charge >= 0.3 is 0 Å². The average molecular weight is 421 g/mol. The predicted molar refractivity (Wildman–Crippen MR) is 114 cm³/mol. The van der Waals surface area contributed by atoms with E-state index in [1.807, 2.05) is 32.2 Å². The van der Waals surface area contributed by atoms with Crippen molar-refractivity contribution >= 4 is 17.2 Å². The van der Waals surface area contributed by atoms with E-state index in [0.717, 1.165) is 49.0 Å². The maximum atomic E-state index is 13.9. The van der Waals surface area contributed by atoms with Gasteiger partial charge in [-0.05, 0) is 39.0 Å². The van der Waals surface area contributed by atoms with Crippen LogP contribution in [0.4, 0.5) is 4.39 Å². The molecule has 0 aliphatic carbocycles. The molecule has 8 heteroatoms. The lowest BCUT2D eigenvalue weighted by Crippen LogP contribution is -2.51. The van der Waals surface area contributed by atoms with Gasteiger partial charge in [-0.15, -0.1) is 11.3 Å². The molecule has 1 aromatic carbocycles. The Morgan fingerprint density at radius 2 is 1.93 bits per heavy atom. The van der Waals surface area contributed by atoms with Crippen molar-refractivity contribution in [2.75, 3.05) is 39.8 Å². The van der Waals surface area contributed by atoms with Crippen molar-refractivity contribution in [3.63, 3.8) is 0 Å². The number of aromatic nitrogens is 1. The zero-order chi connectivity index (χ0) is 21.0. The van der Waals surface area contributed by atoms with E-state index in [1.54, 1.807) is 17.4 Å². The van der Waals surface area contributed by atoms with E-state index in [2.05, 4.69) is 20.1 Å². The molecule has 1 aliphatic rings. The van der Waals surface area contributed by atoms with E-state index in [0.29, 0.717) is 6.54 Å². The number of nitrogens with zero attached hydrogens (tertiary/aromatic N) is 3. The van der Waals surface area contributed by atoms with Crippen LogP contribution >= 0.6 is 11.3 Å². The van der Waals surface area contributed by atoms with E-state index < -0.39 is 0 Å². The van der Waals surface area contributed by atoms with Gasteiger partial charge < -0.3 is 10.1 Å². The summed E-state index contributed by atoms with van der Waals surface area (Å²) in [6.45, 7) is 10.7. The Hall–Kier alpha value is -2.03. The topological polar surface area (TPSA) is 57.7 Å². The van der Waals surface area contributed by atoms with Gasteiger partial charge in [-0.1, -0.05) is 0 Å². The summed E-state index contributed by atoms with van der Waals surface area (Å²) in [5.41, 5.74) is 1.33. The van der Waals surface area contributed by atoms with Gasteiger partial charge in [0.15, 0.2) is 11.6 Å². The van der Waals surface area contributed by atoms with Gasteiger partial charge in [-0.25, -0.2) is 9.37 Å². The molecule has 1 aromatic heterocycles. The largest absolute Gasteiger partial charge is 0.494 e. The third-order valence-electron chi connectivity index (χ3n) is 4.70. The predicted octanol–water partition coefficient (Wildman–Crippen LogP) is 2.99. The molecule has 6 nitrogen and oxygen atoms in total. The quantitative estimate of drug-likeness (QED) is 0.779. The third kappa shape index (κ3) is 6.22. The molecule has 158 valence electrons. The second-order valence-electron chi connectivity index (χ2n) is 8.33. The number of carbonyl (C=O) groups is 1. The fourth-order valence-electron chi connectivity index (χ4n) is 3.30. The summed E-state index contributed by atoms with van der Waals surface area (Å²) in [4.78, 5) is 21.3. The highest BCUT2D eigenvalue weighted by Gasteiger charge is 2.22. The SMILES string of the molecule is COc1ccc(-c2csc(CN3CCN(CC(=O)NC(C)(C)C)CC3)n2)cc1F. The van der Waals surface area contributed by atoms with Crippen molar-refractivity contribution in [2.45, 2.75) is 32.9 Å². The minimum Gasteiger partial charge on any atom is -0.494 e. The van der Waals surface area contributed by atoms with Gasteiger partial charge in [0.25, 0.3) is 0 Å². The van der Waals surface area contributed by atoms with Crippen LogP contribution in [0, 0.1) is 5.82 Å². The van der Waals surface area contributed by atoms with Crippen molar-refractivity contribution in [1.29, 1.82) is 0 Å². The number of ether oxygens (including phenoxy) is 1. The summed E-state index contributed by atoms with van der Waals surface area (Å²) in [5.74, 6) is -0.0772. The first-order chi connectivity index (χ1) is 13.7. The first-order valence-corrected chi connectivity index (χ1v) is 10.7. The van der Waals surface area contributed by atoms with Gasteiger partial charge in [0.2, 0.25) is 5.91 Å². The number of hydrogen-bond acceptors (Lipinski definition) is 6. The average Bonchev–Trinajstić information content (AvgIpc) is 3.10. The van der Waals surface area contributed by atoms with Crippen LogP contribution in [0.15, 0.2) is 23.6 Å². The lowest BCUT2D eigenvalue weighted by molar-refractivity contribution is -0.124. The Bertz CT molecular complexity index is 841. The summed E-state index contributed by atoms with van der Waals surface area (Å²) in [6, 6.07) is 4.90. The van der Waals surface area contributed by atoms with Crippen molar-refractivity contribution in [3.05, 3.63) is 34.4 Å². The Labute approximate surface area is 175 Å². The van der Waals surface area contributed by atoms with Crippen LogP contribution in [-0.4, -0.2) is 66.1 Å². The monoisotopic (exact) mass is 420 g/mol. The van der Waals surface area contributed by atoms with Crippen molar-refractivity contribution < 1.29 is 13.9 Å². The Balaban J connectivity index is 1.50. The normalized spacial score (nSPS) is 16.0. The molecule has 1 amide bonds. The molecular weight excluding hydrogens is 391 g/mol. The number of thiazole rings is 1. The highest BCUT2D eigenvalue weighted by atomic mass is 32.1. The molecule has 3 rings (SSSR count). The third-order valence-corrected chi connectivity index (χ3v) is 5.54. The van der Waals surface area contributed by atoms with E-state index in [9.17, 15) is 9.18 Å². The standard InChI is InChI=1S/C21H29FN4O2S/c1-21(2,3)24-19(27)12-25-7-9-26(10-8-25)13-20-23-17(14-29-20)15-5-6-18(28-4)16(22)11-15/h5-6,11,14H,7-10,12-13H2,1-4H3,(H,24,27). The second-order valence-corrected chi connectivity index (χ2v) is 9.27.